The molecule has 0 aliphatic heterocycles. The molecule has 2 aliphatic carbocycles. The van der Waals surface area contributed by atoms with Gasteiger partial charge in [0.2, 0.25) is 0 Å². The monoisotopic (exact) mass is 456 g/mol. The van der Waals surface area contributed by atoms with E-state index in [1.54, 1.807) is 23.7 Å². The van der Waals surface area contributed by atoms with Gasteiger partial charge in [-0.25, -0.2) is 9.48 Å². The van der Waals surface area contributed by atoms with Crippen LogP contribution in [-0.2, 0) is 23.2 Å². The van der Waals surface area contributed by atoms with Crippen LogP contribution in [0.15, 0.2) is 24.3 Å². The molecule has 4 rings (SSSR count). The molecule has 0 radical (unpaired) electrons. The number of rotatable bonds is 7. The highest BCUT2D eigenvalue weighted by molar-refractivity contribution is 5.70. The molecule has 0 bridgehead atoms. The number of hydrogen-bond acceptors (Lipinski definition) is 6. The minimum Gasteiger partial charge on any atom is -0.490 e. The van der Waals surface area contributed by atoms with E-state index in [1.165, 1.54) is 0 Å². The second-order valence-corrected chi connectivity index (χ2v) is 9.08. The summed E-state index contributed by atoms with van der Waals surface area (Å²) in [4.78, 5) is 25.5. The van der Waals surface area contributed by atoms with Gasteiger partial charge in [0.1, 0.15) is 23.7 Å². The zero-order chi connectivity index (χ0) is 23.4. The van der Waals surface area contributed by atoms with Crippen LogP contribution in [0.1, 0.15) is 57.1 Å². The Hall–Kier alpha value is -3.10. The molecule has 2 aliphatic rings. The Labute approximate surface area is 193 Å². The second-order valence-electron chi connectivity index (χ2n) is 9.08. The molecule has 1 aromatic heterocycles. The van der Waals surface area contributed by atoms with Gasteiger partial charge in [-0.15, -0.1) is 5.10 Å². The predicted molar refractivity (Wildman–Crippen MR) is 121 cm³/mol. The molecule has 9 nitrogen and oxygen atoms in total. The maximum atomic E-state index is 12.5. The van der Waals surface area contributed by atoms with Crippen LogP contribution >= 0.6 is 0 Å². The predicted octanol–water partition coefficient (Wildman–Crippen LogP) is 4.02. The Bertz CT molecular complexity index is 968. The Morgan fingerprint density at radius 1 is 1.12 bits per heavy atom. The van der Waals surface area contributed by atoms with Gasteiger partial charge in [0.25, 0.3) is 0 Å². The first kappa shape index (κ1) is 23.1. The minimum absolute atomic E-state index is 0.0888. The van der Waals surface area contributed by atoms with Crippen molar-refractivity contribution in [2.45, 2.75) is 70.1 Å². The SMILES string of the molecule is CN(C(=O)OCc1c(-c2ccc(O[C@H]3CCCC(C(=O)O)C3)cc2)nnn1C)C1CCCC1. The molecule has 2 atom stereocenters. The summed E-state index contributed by atoms with van der Waals surface area (Å²) >= 11 is 0. The van der Waals surface area contributed by atoms with Crippen molar-refractivity contribution in [2.75, 3.05) is 7.05 Å². The summed E-state index contributed by atoms with van der Waals surface area (Å²) in [5, 5.41) is 17.6. The van der Waals surface area contributed by atoms with E-state index in [1.807, 2.05) is 24.3 Å². The summed E-state index contributed by atoms with van der Waals surface area (Å²) in [6, 6.07) is 7.76. The van der Waals surface area contributed by atoms with Gasteiger partial charge in [-0.2, -0.15) is 0 Å². The third-order valence-corrected chi connectivity index (χ3v) is 6.84. The fourth-order valence-corrected chi connectivity index (χ4v) is 4.80. The van der Waals surface area contributed by atoms with Crippen LogP contribution in [-0.4, -0.2) is 56.3 Å². The number of hydrogen-bond donors (Lipinski definition) is 1. The second kappa shape index (κ2) is 10.2. The van der Waals surface area contributed by atoms with E-state index in [0.717, 1.165) is 44.1 Å². The minimum atomic E-state index is -0.746. The van der Waals surface area contributed by atoms with Crippen LogP contribution in [0.5, 0.6) is 5.75 Å². The van der Waals surface area contributed by atoms with E-state index in [4.69, 9.17) is 9.47 Å². The molecule has 1 N–H and O–H groups in total. The zero-order valence-corrected chi connectivity index (χ0v) is 19.3. The number of aryl methyl sites for hydroxylation is 1. The number of carbonyl (C=O) groups excluding carboxylic acids is 1. The lowest BCUT2D eigenvalue weighted by Gasteiger charge is -2.27. The number of carboxylic acids is 1. The van der Waals surface area contributed by atoms with E-state index in [2.05, 4.69) is 10.3 Å². The topological polar surface area (TPSA) is 107 Å². The number of amides is 1. The van der Waals surface area contributed by atoms with Crippen molar-refractivity contribution >= 4 is 12.1 Å². The molecule has 1 aromatic carbocycles. The van der Waals surface area contributed by atoms with Crippen LogP contribution in [0.3, 0.4) is 0 Å². The van der Waals surface area contributed by atoms with Crippen LogP contribution in [0, 0.1) is 5.92 Å². The quantitative estimate of drug-likeness (QED) is 0.671. The van der Waals surface area contributed by atoms with Gasteiger partial charge >= 0.3 is 12.1 Å². The van der Waals surface area contributed by atoms with Crippen LogP contribution in [0.2, 0.25) is 0 Å². The molecule has 9 heteroatoms. The van der Waals surface area contributed by atoms with E-state index in [9.17, 15) is 14.7 Å². The third-order valence-electron chi connectivity index (χ3n) is 6.84. The highest BCUT2D eigenvalue weighted by Crippen LogP contribution is 2.30. The van der Waals surface area contributed by atoms with E-state index >= 15 is 0 Å². The average molecular weight is 457 g/mol. The highest BCUT2D eigenvalue weighted by atomic mass is 16.6. The Kier molecular flexibility index (Phi) is 7.15. The molecular weight excluding hydrogens is 424 g/mol. The molecule has 2 saturated carbocycles. The van der Waals surface area contributed by atoms with Crippen molar-refractivity contribution in [1.82, 2.24) is 19.9 Å². The number of aromatic nitrogens is 3. The molecule has 1 unspecified atom stereocenters. The molecule has 33 heavy (non-hydrogen) atoms. The largest absolute Gasteiger partial charge is 0.490 e. The van der Waals surface area contributed by atoms with Crippen LogP contribution in [0.4, 0.5) is 4.79 Å². The van der Waals surface area contributed by atoms with Crippen molar-refractivity contribution in [2.24, 2.45) is 13.0 Å². The fourth-order valence-electron chi connectivity index (χ4n) is 4.80. The number of benzene rings is 1. The first-order valence-electron chi connectivity index (χ1n) is 11.7. The number of carbonyl (C=O) groups is 2. The van der Waals surface area contributed by atoms with E-state index in [-0.39, 0.29) is 30.8 Å². The molecule has 1 amide bonds. The molecule has 178 valence electrons. The first-order chi connectivity index (χ1) is 15.9. The molecule has 1 heterocycles. The van der Waals surface area contributed by atoms with Gasteiger partial charge in [-0.1, -0.05) is 18.1 Å². The smallest absolute Gasteiger partial charge is 0.410 e. The number of ether oxygens (including phenoxy) is 2. The molecule has 0 spiro atoms. The summed E-state index contributed by atoms with van der Waals surface area (Å²) in [7, 11) is 3.57. The summed E-state index contributed by atoms with van der Waals surface area (Å²) in [6.45, 7) is 0.0889. The van der Waals surface area contributed by atoms with Crippen molar-refractivity contribution in [3.8, 4) is 17.0 Å². The normalized spacial score (nSPS) is 21.0. The Balaban J connectivity index is 1.38. The van der Waals surface area contributed by atoms with Gasteiger partial charge in [-0.05, 0) is 62.8 Å². The summed E-state index contributed by atoms with van der Waals surface area (Å²) in [5.41, 5.74) is 2.22. The summed E-state index contributed by atoms with van der Waals surface area (Å²) in [5.74, 6) is -0.380. The lowest BCUT2D eigenvalue weighted by atomic mass is 9.87. The number of carboxylic acid groups (broad SMARTS) is 1. The highest BCUT2D eigenvalue weighted by Gasteiger charge is 2.28. The zero-order valence-electron chi connectivity index (χ0n) is 19.3. The number of aliphatic carboxylic acids is 1. The lowest BCUT2D eigenvalue weighted by Crippen LogP contribution is -2.35. The molecular formula is C24H32N4O5. The van der Waals surface area contributed by atoms with Crippen molar-refractivity contribution in [3.63, 3.8) is 0 Å². The lowest BCUT2D eigenvalue weighted by molar-refractivity contribution is -0.143. The van der Waals surface area contributed by atoms with Gasteiger partial charge in [0.05, 0.1) is 12.0 Å². The third kappa shape index (κ3) is 5.46. The molecule has 2 fully saturated rings. The van der Waals surface area contributed by atoms with E-state index < -0.39 is 5.97 Å². The Morgan fingerprint density at radius 3 is 2.55 bits per heavy atom. The fraction of sp³-hybridized carbons (Fsp3) is 0.583. The molecule has 0 saturated heterocycles. The molecule has 2 aromatic rings. The van der Waals surface area contributed by atoms with Gasteiger partial charge in [-0.3, -0.25) is 4.79 Å². The average Bonchev–Trinajstić information content (AvgIpc) is 3.48. The Morgan fingerprint density at radius 2 is 1.85 bits per heavy atom. The van der Waals surface area contributed by atoms with Gasteiger partial charge in [0, 0.05) is 25.7 Å². The van der Waals surface area contributed by atoms with E-state index in [0.29, 0.717) is 30.0 Å². The summed E-state index contributed by atoms with van der Waals surface area (Å²) in [6.07, 6.45) is 6.90. The van der Waals surface area contributed by atoms with Crippen LogP contribution < -0.4 is 4.74 Å². The maximum Gasteiger partial charge on any atom is 0.410 e. The van der Waals surface area contributed by atoms with Crippen molar-refractivity contribution in [3.05, 3.63) is 30.0 Å². The van der Waals surface area contributed by atoms with Gasteiger partial charge in [0.15, 0.2) is 0 Å². The first-order valence-corrected chi connectivity index (χ1v) is 11.7. The standard InChI is InChI=1S/C24H32N4O5/c1-27(18-7-3-4-8-18)24(31)32-15-21-22(25-26-28(21)2)16-10-12-19(13-11-16)33-20-9-5-6-17(14-20)23(29)30/h10-13,17-18,20H,3-9,14-15H2,1-2H3,(H,29,30)/t17?,20-/m0/s1. The summed E-state index contributed by atoms with van der Waals surface area (Å²) < 4.78 is 13.2. The van der Waals surface area contributed by atoms with Crippen molar-refractivity contribution < 1.29 is 24.2 Å². The maximum absolute atomic E-state index is 12.5. The van der Waals surface area contributed by atoms with Crippen molar-refractivity contribution in [1.29, 1.82) is 0 Å². The van der Waals surface area contributed by atoms with Crippen LogP contribution in [0.25, 0.3) is 11.3 Å². The van der Waals surface area contributed by atoms with Gasteiger partial charge < -0.3 is 19.5 Å². The number of nitrogens with zero attached hydrogens (tertiary/aromatic N) is 4.